The fourth-order valence-electron chi connectivity index (χ4n) is 2.23. The number of benzene rings is 2. The van der Waals surface area contributed by atoms with Crippen LogP contribution in [0, 0.1) is 0 Å². The van der Waals surface area contributed by atoms with Crippen LogP contribution in [0.2, 0.25) is 0 Å². The molecule has 0 aliphatic rings. The zero-order valence-corrected chi connectivity index (χ0v) is 13.2. The molecule has 3 rings (SSSR count). The van der Waals surface area contributed by atoms with E-state index in [2.05, 4.69) is 20.5 Å². The van der Waals surface area contributed by atoms with Gasteiger partial charge in [0.15, 0.2) is 0 Å². The van der Waals surface area contributed by atoms with E-state index in [1.54, 1.807) is 56.9 Å². The molecule has 0 saturated carbocycles. The molecule has 122 valence electrons. The summed E-state index contributed by atoms with van der Waals surface area (Å²) >= 11 is 0. The first-order chi connectivity index (χ1) is 11.7. The molecule has 0 radical (unpaired) electrons. The highest BCUT2D eigenvalue weighted by molar-refractivity contribution is 5.97. The van der Waals surface area contributed by atoms with E-state index < -0.39 is 0 Å². The van der Waals surface area contributed by atoms with Crippen molar-refractivity contribution in [2.24, 2.45) is 5.10 Å². The van der Waals surface area contributed by atoms with Crippen molar-refractivity contribution in [3.63, 3.8) is 0 Å². The molecule has 24 heavy (non-hydrogen) atoms. The molecule has 0 unspecified atom stereocenters. The Morgan fingerprint density at radius 1 is 1.21 bits per heavy atom. The van der Waals surface area contributed by atoms with Crippen LogP contribution in [-0.4, -0.2) is 36.3 Å². The molecule has 0 saturated heterocycles. The van der Waals surface area contributed by atoms with Gasteiger partial charge in [-0.2, -0.15) is 5.10 Å². The van der Waals surface area contributed by atoms with E-state index in [1.165, 1.54) is 6.21 Å². The monoisotopic (exact) mass is 324 g/mol. The molecule has 0 spiro atoms. The molecule has 1 amide bonds. The number of rotatable bonds is 5. The van der Waals surface area contributed by atoms with Crippen molar-refractivity contribution in [1.82, 2.24) is 15.4 Å². The number of hydrogen-bond donors (Lipinski definition) is 2. The summed E-state index contributed by atoms with van der Waals surface area (Å²) < 4.78 is 10.4. The minimum atomic E-state index is -0.310. The molecule has 0 bridgehead atoms. The lowest BCUT2D eigenvalue weighted by molar-refractivity contribution is 0.0955. The van der Waals surface area contributed by atoms with Gasteiger partial charge in [0, 0.05) is 17.2 Å². The van der Waals surface area contributed by atoms with Gasteiger partial charge < -0.3 is 14.5 Å². The summed E-state index contributed by atoms with van der Waals surface area (Å²) in [5.74, 6) is 0.974. The average Bonchev–Trinajstić information content (AvgIpc) is 3.09. The number of ether oxygens (including phenoxy) is 2. The number of amides is 1. The minimum Gasteiger partial charge on any atom is -0.497 e. The molecule has 7 nitrogen and oxygen atoms in total. The van der Waals surface area contributed by atoms with Crippen molar-refractivity contribution in [2.75, 3.05) is 14.2 Å². The van der Waals surface area contributed by atoms with Gasteiger partial charge in [-0.3, -0.25) is 4.79 Å². The number of H-pyrrole nitrogens is 1. The smallest absolute Gasteiger partial charge is 0.271 e. The molecule has 1 aromatic heterocycles. The number of carbonyl (C=O) groups is 1. The van der Waals surface area contributed by atoms with E-state index in [0.29, 0.717) is 17.1 Å². The topological polar surface area (TPSA) is 88.6 Å². The first-order valence-electron chi connectivity index (χ1n) is 7.20. The Morgan fingerprint density at radius 2 is 2.08 bits per heavy atom. The van der Waals surface area contributed by atoms with Gasteiger partial charge in [0.2, 0.25) is 0 Å². The van der Waals surface area contributed by atoms with Gasteiger partial charge >= 0.3 is 0 Å². The molecule has 0 atom stereocenters. The average molecular weight is 324 g/mol. The fourth-order valence-corrected chi connectivity index (χ4v) is 2.23. The molecule has 0 aliphatic carbocycles. The van der Waals surface area contributed by atoms with Gasteiger partial charge in [0.1, 0.15) is 11.5 Å². The maximum atomic E-state index is 12.1. The number of aromatic amines is 1. The van der Waals surface area contributed by atoms with Crippen LogP contribution in [0.15, 0.2) is 47.8 Å². The summed E-state index contributed by atoms with van der Waals surface area (Å²) in [7, 11) is 3.14. The predicted octanol–water partition coefficient (Wildman–Crippen LogP) is 2.34. The van der Waals surface area contributed by atoms with Crippen LogP contribution in [0.3, 0.4) is 0 Å². The van der Waals surface area contributed by atoms with Crippen molar-refractivity contribution in [2.45, 2.75) is 0 Å². The van der Waals surface area contributed by atoms with Crippen LogP contribution in [0.1, 0.15) is 15.9 Å². The number of fused-ring (bicyclic) bond motifs is 1. The van der Waals surface area contributed by atoms with Gasteiger partial charge in [-0.15, -0.1) is 0 Å². The highest BCUT2D eigenvalue weighted by Crippen LogP contribution is 2.23. The third-order valence-electron chi connectivity index (χ3n) is 3.49. The zero-order valence-electron chi connectivity index (χ0n) is 13.2. The number of nitrogens with zero attached hydrogens (tertiary/aromatic N) is 2. The molecular formula is C17H16N4O3. The molecule has 0 fully saturated rings. The minimum absolute atomic E-state index is 0.310. The van der Waals surface area contributed by atoms with E-state index in [9.17, 15) is 4.79 Å². The molecule has 7 heteroatoms. The quantitative estimate of drug-likeness (QED) is 0.557. The Kier molecular flexibility index (Phi) is 4.42. The van der Waals surface area contributed by atoms with Crippen LogP contribution >= 0.6 is 0 Å². The van der Waals surface area contributed by atoms with Crippen molar-refractivity contribution in [3.05, 3.63) is 53.9 Å². The molecule has 1 heterocycles. The SMILES string of the molecule is COc1ccc(/C=N/NC(=O)c2ccc3nc[nH]c3c2)c(OC)c1. The van der Waals surface area contributed by atoms with Crippen LogP contribution in [0.25, 0.3) is 11.0 Å². The largest absolute Gasteiger partial charge is 0.497 e. The highest BCUT2D eigenvalue weighted by Gasteiger charge is 2.07. The molecule has 3 aromatic rings. The zero-order chi connectivity index (χ0) is 16.9. The number of hydrogen-bond acceptors (Lipinski definition) is 5. The van der Waals surface area contributed by atoms with Crippen molar-refractivity contribution in [3.8, 4) is 11.5 Å². The molecular weight excluding hydrogens is 308 g/mol. The van der Waals surface area contributed by atoms with Gasteiger partial charge in [-0.1, -0.05) is 0 Å². The highest BCUT2D eigenvalue weighted by atomic mass is 16.5. The van der Waals surface area contributed by atoms with Crippen LogP contribution in [0.4, 0.5) is 0 Å². The second-order valence-electron chi connectivity index (χ2n) is 4.94. The van der Waals surface area contributed by atoms with Crippen molar-refractivity contribution in [1.29, 1.82) is 0 Å². The van der Waals surface area contributed by atoms with Crippen LogP contribution in [0.5, 0.6) is 11.5 Å². The number of hydrazone groups is 1. The van der Waals surface area contributed by atoms with Gasteiger partial charge in [-0.25, -0.2) is 10.4 Å². The molecule has 2 N–H and O–H groups in total. The van der Waals surface area contributed by atoms with E-state index >= 15 is 0 Å². The predicted molar refractivity (Wildman–Crippen MR) is 90.7 cm³/mol. The number of imidazole rings is 1. The van der Waals surface area contributed by atoms with Crippen molar-refractivity contribution < 1.29 is 14.3 Å². The van der Waals surface area contributed by atoms with Gasteiger partial charge in [0.25, 0.3) is 5.91 Å². The lowest BCUT2D eigenvalue weighted by Crippen LogP contribution is -2.17. The number of nitrogens with one attached hydrogen (secondary N) is 2. The summed E-state index contributed by atoms with van der Waals surface area (Å²) in [5.41, 5.74) is 5.31. The van der Waals surface area contributed by atoms with Crippen LogP contribution < -0.4 is 14.9 Å². The standard InChI is InChI=1S/C17H16N4O3/c1-23-13-5-3-12(16(8-13)24-2)9-20-21-17(22)11-4-6-14-15(7-11)19-10-18-14/h3-10H,1-2H3,(H,18,19)(H,21,22)/b20-9+. The number of methoxy groups -OCH3 is 2. The summed E-state index contributed by atoms with van der Waals surface area (Å²) in [6, 6.07) is 10.5. The number of aromatic nitrogens is 2. The Balaban J connectivity index is 1.72. The van der Waals surface area contributed by atoms with Gasteiger partial charge in [-0.05, 0) is 30.3 Å². The van der Waals surface area contributed by atoms with E-state index in [4.69, 9.17) is 9.47 Å². The Hall–Kier alpha value is -3.35. The number of carbonyl (C=O) groups excluding carboxylic acids is 1. The molecule has 2 aromatic carbocycles. The van der Waals surface area contributed by atoms with E-state index in [0.717, 1.165) is 16.6 Å². The first kappa shape index (κ1) is 15.5. The third kappa shape index (κ3) is 3.19. The second kappa shape index (κ2) is 6.82. The fraction of sp³-hybridized carbons (Fsp3) is 0.118. The summed E-state index contributed by atoms with van der Waals surface area (Å²) in [6.45, 7) is 0. The normalized spacial score (nSPS) is 10.9. The summed E-state index contributed by atoms with van der Waals surface area (Å²) in [6.07, 6.45) is 3.10. The molecule has 0 aliphatic heterocycles. The Bertz CT molecular complexity index is 902. The maximum Gasteiger partial charge on any atom is 0.271 e. The lowest BCUT2D eigenvalue weighted by Gasteiger charge is -2.07. The third-order valence-corrected chi connectivity index (χ3v) is 3.49. The Labute approximate surface area is 138 Å². The van der Waals surface area contributed by atoms with Crippen molar-refractivity contribution >= 4 is 23.2 Å². The second-order valence-corrected chi connectivity index (χ2v) is 4.94. The maximum absolute atomic E-state index is 12.1. The Morgan fingerprint density at radius 3 is 2.88 bits per heavy atom. The lowest BCUT2D eigenvalue weighted by atomic mass is 10.2. The van der Waals surface area contributed by atoms with Gasteiger partial charge in [0.05, 0.1) is 37.8 Å². The van der Waals surface area contributed by atoms with E-state index in [-0.39, 0.29) is 5.91 Å². The first-order valence-corrected chi connectivity index (χ1v) is 7.20. The van der Waals surface area contributed by atoms with Crippen LogP contribution in [-0.2, 0) is 0 Å². The summed E-state index contributed by atoms with van der Waals surface area (Å²) in [5, 5.41) is 3.98. The summed E-state index contributed by atoms with van der Waals surface area (Å²) in [4.78, 5) is 19.2. The van der Waals surface area contributed by atoms with E-state index in [1.807, 2.05) is 0 Å².